The second kappa shape index (κ2) is 7.17. The molecular formula is C20H21N3O3. The first-order chi connectivity index (χ1) is 12.7. The fourth-order valence-corrected chi connectivity index (χ4v) is 3.22. The molecule has 1 fully saturated rings. The molecule has 0 spiro atoms. The van der Waals surface area contributed by atoms with Crippen molar-refractivity contribution in [2.45, 2.75) is 13.3 Å². The van der Waals surface area contributed by atoms with Gasteiger partial charge >= 0.3 is 0 Å². The Kier molecular flexibility index (Phi) is 4.58. The molecular weight excluding hydrogens is 330 g/mol. The van der Waals surface area contributed by atoms with Crippen molar-refractivity contribution in [3.8, 4) is 0 Å². The molecule has 3 aromatic rings. The third kappa shape index (κ3) is 3.41. The number of nitrogens with one attached hydrogen (secondary N) is 1. The summed E-state index contributed by atoms with van der Waals surface area (Å²) in [5, 5.41) is 7.88. The molecule has 0 unspecified atom stereocenters. The van der Waals surface area contributed by atoms with Crippen LogP contribution in [0.4, 0.5) is 11.4 Å². The monoisotopic (exact) mass is 351 g/mol. The molecule has 6 heteroatoms. The Morgan fingerprint density at radius 2 is 2.00 bits per heavy atom. The van der Waals surface area contributed by atoms with Crippen LogP contribution in [0.5, 0.6) is 0 Å². The van der Waals surface area contributed by atoms with Gasteiger partial charge in [0.1, 0.15) is 5.69 Å². The van der Waals surface area contributed by atoms with Crippen molar-refractivity contribution in [1.82, 2.24) is 5.16 Å². The van der Waals surface area contributed by atoms with Crippen molar-refractivity contribution >= 4 is 28.3 Å². The van der Waals surface area contributed by atoms with Gasteiger partial charge in [0.25, 0.3) is 0 Å². The molecule has 1 aliphatic heterocycles. The first kappa shape index (κ1) is 16.6. The molecule has 0 atom stereocenters. The first-order valence-electron chi connectivity index (χ1n) is 8.77. The zero-order chi connectivity index (χ0) is 17.9. The Morgan fingerprint density at radius 1 is 1.19 bits per heavy atom. The Hall–Kier alpha value is -2.86. The number of rotatable bonds is 4. The highest BCUT2D eigenvalue weighted by atomic mass is 16.5. The highest BCUT2D eigenvalue weighted by Gasteiger charge is 2.15. The van der Waals surface area contributed by atoms with E-state index in [2.05, 4.69) is 21.4 Å². The average molecular weight is 351 g/mol. The maximum Gasteiger partial charge on any atom is 0.230 e. The van der Waals surface area contributed by atoms with Crippen LogP contribution in [0, 0.1) is 6.92 Å². The number of fused-ring (bicyclic) bond motifs is 1. The van der Waals surface area contributed by atoms with Gasteiger partial charge in [-0.25, -0.2) is 0 Å². The molecule has 1 amide bonds. The Balaban J connectivity index is 1.45. The fraction of sp³-hybridized carbons (Fsp3) is 0.300. The van der Waals surface area contributed by atoms with E-state index in [0.29, 0.717) is 11.3 Å². The molecule has 0 bridgehead atoms. The van der Waals surface area contributed by atoms with Gasteiger partial charge in [0.2, 0.25) is 5.91 Å². The topological polar surface area (TPSA) is 67.6 Å². The smallest absolute Gasteiger partial charge is 0.230 e. The third-order valence-corrected chi connectivity index (χ3v) is 4.64. The van der Waals surface area contributed by atoms with E-state index < -0.39 is 0 Å². The van der Waals surface area contributed by atoms with Crippen molar-refractivity contribution in [2.75, 3.05) is 36.5 Å². The van der Waals surface area contributed by atoms with Gasteiger partial charge in [-0.3, -0.25) is 4.79 Å². The third-order valence-electron chi connectivity index (χ3n) is 4.64. The van der Waals surface area contributed by atoms with E-state index in [1.165, 1.54) is 0 Å². The number of nitrogens with zero attached hydrogens (tertiary/aromatic N) is 2. The zero-order valence-corrected chi connectivity index (χ0v) is 14.7. The van der Waals surface area contributed by atoms with Crippen molar-refractivity contribution in [3.63, 3.8) is 0 Å². The first-order valence-corrected chi connectivity index (χ1v) is 8.77. The SMILES string of the molecule is Cc1cc(N2CCOCC2)ccc1NC(=O)Cc1noc2ccccc12. The van der Waals surface area contributed by atoms with Crippen LogP contribution in [0.2, 0.25) is 0 Å². The number of aromatic nitrogens is 1. The number of amides is 1. The van der Waals surface area contributed by atoms with Crippen LogP contribution in [0.25, 0.3) is 11.0 Å². The van der Waals surface area contributed by atoms with E-state index in [4.69, 9.17) is 9.26 Å². The molecule has 1 aromatic heterocycles. The molecule has 1 aliphatic rings. The molecule has 6 nitrogen and oxygen atoms in total. The van der Waals surface area contributed by atoms with Crippen LogP contribution < -0.4 is 10.2 Å². The summed E-state index contributed by atoms with van der Waals surface area (Å²) in [7, 11) is 0. The normalized spacial score (nSPS) is 14.6. The number of para-hydroxylation sites is 1. The number of aryl methyl sites for hydroxylation is 1. The minimum atomic E-state index is -0.105. The number of carbonyl (C=O) groups excluding carboxylic acids is 1. The summed E-state index contributed by atoms with van der Waals surface area (Å²) < 4.78 is 10.7. The second-order valence-corrected chi connectivity index (χ2v) is 6.45. The number of morpholine rings is 1. The Labute approximate surface area is 151 Å². The summed E-state index contributed by atoms with van der Waals surface area (Å²) in [5.74, 6) is -0.105. The lowest BCUT2D eigenvalue weighted by atomic mass is 10.1. The molecule has 0 radical (unpaired) electrons. The number of benzene rings is 2. The summed E-state index contributed by atoms with van der Waals surface area (Å²) in [6, 6.07) is 13.7. The summed E-state index contributed by atoms with van der Waals surface area (Å²) in [6.45, 7) is 5.30. The van der Waals surface area contributed by atoms with Crippen LogP contribution in [0.1, 0.15) is 11.3 Å². The van der Waals surface area contributed by atoms with Gasteiger partial charge in [0.15, 0.2) is 5.58 Å². The fourth-order valence-electron chi connectivity index (χ4n) is 3.22. The van der Waals surface area contributed by atoms with E-state index >= 15 is 0 Å². The molecule has 2 heterocycles. The van der Waals surface area contributed by atoms with Gasteiger partial charge in [0, 0.05) is 29.9 Å². The molecule has 2 aromatic carbocycles. The highest BCUT2D eigenvalue weighted by molar-refractivity contribution is 5.95. The van der Waals surface area contributed by atoms with Crippen LogP contribution >= 0.6 is 0 Å². The lowest BCUT2D eigenvalue weighted by molar-refractivity contribution is -0.115. The maximum atomic E-state index is 12.4. The van der Waals surface area contributed by atoms with Crippen LogP contribution in [-0.2, 0) is 16.0 Å². The van der Waals surface area contributed by atoms with Gasteiger partial charge in [-0.1, -0.05) is 17.3 Å². The van der Waals surface area contributed by atoms with Gasteiger partial charge in [-0.05, 0) is 42.8 Å². The predicted octanol–water partition coefficient (Wildman–Crippen LogP) is 3.15. The zero-order valence-electron chi connectivity index (χ0n) is 14.7. The van der Waals surface area contributed by atoms with Crippen LogP contribution in [0.15, 0.2) is 47.0 Å². The Bertz CT molecular complexity index is 929. The quantitative estimate of drug-likeness (QED) is 0.782. The standard InChI is InChI=1S/C20H21N3O3/c1-14-12-15(23-8-10-25-11-9-23)6-7-17(14)21-20(24)13-18-16-4-2-3-5-19(16)26-22-18/h2-7,12H,8-11,13H2,1H3,(H,21,24). The molecule has 4 rings (SSSR count). The summed E-state index contributed by atoms with van der Waals surface area (Å²) >= 11 is 0. The molecule has 134 valence electrons. The maximum absolute atomic E-state index is 12.4. The molecule has 26 heavy (non-hydrogen) atoms. The van der Waals surface area contributed by atoms with E-state index in [1.54, 1.807) is 0 Å². The molecule has 0 saturated carbocycles. The number of carbonyl (C=O) groups is 1. The number of anilines is 2. The average Bonchev–Trinajstić information content (AvgIpc) is 3.07. The second-order valence-electron chi connectivity index (χ2n) is 6.45. The molecule has 0 aliphatic carbocycles. The van der Waals surface area contributed by atoms with E-state index in [0.717, 1.165) is 48.6 Å². The van der Waals surface area contributed by atoms with Crippen molar-refractivity contribution in [1.29, 1.82) is 0 Å². The van der Waals surface area contributed by atoms with E-state index in [9.17, 15) is 4.79 Å². The summed E-state index contributed by atoms with van der Waals surface area (Å²) in [5.41, 5.74) is 4.36. The number of hydrogen-bond donors (Lipinski definition) is 1. The van der Waals surface area contributed by atoms with Gasteiger partial charge in [0.05, 0.1) is 19.6 Å². The molecule has 1 saturated heterocycles. The predicted molar refractivity (Wildman–Crippen MR) is 101 cm³/mol. The van der Waals surface area contributed by atoms with E-state index in [1.807, 2.05) is 43.3 Å². The molecule has 1 N–H and O–H groups in total. The highest BCUT2D eigenvalue weighted by Crippen LogP contribution is 2.24. The van der Waals surface area contributed by atoms with Crippen LogP contribution in [-0.4, -0.2) is 37.4 Å². The van der Waals surface area contributed by atoms with Gasteiger partial charge in [-0.15, -0.1) is 0 Å². The van der Waals surface area contributed by atoms with E-state index in [-0.39, 0.29) is 12.3 Å². The van der Waals surface area contributed by atoms with Gasteiger partial charge in [-0.2, -0.15) is 0 Å². The lowest BCUT2D eigenvalue weighted by Crippen LogP contribution is -2.36. The number of hydrogen-bond acceptors (Lipinski definition) is 5. The minimum absolute atomic E-state index is 0.105. The summed E-state index contributed by atoms with van der Waals surface area (Å²) in [4.78, 5) is 14.7. The van der Waals surface area contributed by atoms with Gasteiger partial charge < -0.3 is 19.5 Å². The Morgan fingerprint density at radius 3 is 2.81 bits per heavy atom. The lowest BCUT2D eigenvalue weighted by Gasteiger charge is -2.29. The van der Waals surface area contributed by atoms with Crippen molar-refractivity contribution < 1.29 is 14.1 Å². The van der Waals surface area contributed by atoms with Crippen molar-refractivity contribution in [2.24, 2.45) is 0 Å². The largest absolute Gasteiger partial charge is 0.378 e. The number of ether oxygens (including phenoxy) is 1. The van der Waals surface area contributed by atoms with Crippen molar-refractivity contribution in [3.05, 3.63) is 53.7 Å². The van der Waals surface area contributed by atoms with Crippen LogP contribution in [0.3, 0.4) is 0 Å². The minimum Gasteiger partial charge on any atom is -0.378 e. The summed E-state index contributed by atoms with van der Waals surface area (Å²) in [6.07, 6.45) is 0.182.